The van der Waals surface area contributed by atoms with E-state index in [1.165, 1.54) is 18.2 Å². The van der Waals surface area contributed by atoms with Crippen molar-refractivity contribution >= 4 is 40.3 Å². The number of carbonyl (C=O) groups excluding carboxylic acids is 1. The van der Waals surface area contributed by atoms with E-state index in [1.807, 2.05) is 55.5 Å². The number of hydrogen-bond acceptors (Lipinski definition) is 4. The molecule has 4 aromatic carbocycles. The average Bonchev–Trinajstić information content (AvgIpc) is 2.94. The van der Waals surface area contributed by atoms with Crippen LogP contribution >= 0.6 is 22.6 Å². The van der Waals surface area contributed by atoms with E-state index in [0.717, 1.165) is 20.3 Å². The van der Waals surface area contributed by atoms with E-state index < -0.39 is 5.91 Å². The van der Waals surface area contributed by atoms with Crippen molar-refractivity contribution in [1.82, 2.24) is 0 Å². The third-order valence-corrected chi connectivity index (χ3v) is 6.75. The van der Waals surface area contributed by atoms with Gasteiger partial charge in [-0.1, -0.05) is 42.5 Å². The molecule has 0 bridgehead atoms. The molecule has 0 unspecified atom stereocenters. The van der Waals surface area contributed by atoms with E-state index in [-0.39, 0.29) is 11.4 Å². The lowest BCUT2D eigenvalue weighted by molar-refractivity contribution is -0.112. The van der Waals surface area contributed by atoms with Gasteiger partial charge in [0.05, 0.1) is 6.61 Å². The maximum Gasteiger partial charge on any atom is 0.266 e. The zero-order valence-electron chi connectivity index (χ0n) is 21.3. The van der Waals surface area contributed by atoms with Crippen LogP contribution < -0.4 is 14.8 Å². The highest BCUT2D eigenvalue weighted by atomic mass is 127. The van der Waals surface area contributed by atoms with Crippen molar-refractivity contribution in [3.05, 3.63) is 128 Å². The van der Waals surface area contributed by atoms with Crippen molar-refractivity contribution < 1.29 is 18.7 Å². The zero-order valence-corrected chi connectivity index (χ0v) is 23.4. The predicted octanol–water partition coefficient (Wildman–Crippen LogP) is 7.54. The highest BCUT2D eigenvalue weighted by molar-refractivity contribution is 14.1. The maximum atomic E-state index is 13.7. The number of amides is 1. The molecule has 0 atom stereocenters. The topological polar surface area (TPSA) is 71.3 Å². The van der Waals surface area contributed by atoms with Crippen LogP contribution in [-0.4, -0.2) is 12.5 Å². The summed E-state index contributed by atoms with van der Waals surface area (Å²) in [6.45, 7) is 2.76. The van der Waals surface area contributed by atoms with Crippen LogP contribution in [0.5, 0.6) is 11.5 Å². The first-order valence-corrected chi connectivity index (χ1v) is 13.4. The summed E-state index contributed by atoms with van der Waals surface area (Å²) in [4.78, 5) is 12.9. The minimum atomic E-state index is -0.521. The summed E-state index contributed by atoms with van der Waals surface area (Å²) < 4.78 is 26.2. The van der Waals surface area contributed by atoms with Crippen molar-refractivity contribution in [2.45, 2.75) is 20.0 Å². The van der Waals surface area contributed by atoms with E-state index in [2.05, 4.69) is 27.9 Å². The molecule has 4 rings (SSSR count). The van der Waals surface area contributed by atoms with Gasteiger partial charge in [-0.2, -0.15) is 5.26 Å². The first-order chi connectivity index (χ1) is 18.9. The minimum absolute atomic E-state index is 0.0458. The number of rotatable bonds is 10. The van der Waals surface area contributed by atoms with Gasteiger partial charge in [0.1, 0.15) is 35.6 Å². The molecule has 39 heavy (non-hydrogen) atoms. The van der Waals surface area contributed by atoms with Crippen LogP contribution in [0.4, 0.5) is 10.1 Å². The standard InChI is InChI=1S/C32H26FIN2O3/c1-2-38-31-19-24(18-30(34)29(31)17-23-9-6-10-26(33)16-23)15-25(20-35)32(37)36-27-11-13-28(14-12-27)39-21-22-7-4-3-5-8-22/h3-16,18-19H,2,17,21H2,1H3,(H,36,37)/b25-15+. The summed E-state index contributed by atoms with van der Waals surface area (Å²) in [5.74, 6) is 0.485. The molecule has 1 N–H and O–H groups in total. The number of nitrogens with one attached hydrogen (secondary N) is 1. The predicted molar refractivity (Wildman–Crippen MR) is 159 cm³/mol. The molecule has 0 saturated carbocycles. The molecule has 7 heteroatoms. The Bertz CT molecular complexity index is 1510. The molecule has 0 heterocycles. The normalized spacial score (nSPS) is 11.0. The van der Waals surface area contributed by atoms with Crippen LogP contribution in [-0.2, 0) is 17.8 Å². The highest BCUT2D eigenvalue weighted by Crippen LogP contribution is 2.30. The number of carbonyl (C=O) groups is 1. The molecule has 4 aromatic rings. The van der Waals surface area contributed by atoms with E-state index in [4.69, 9.17) is 9.47 Å². The van der Waals surface area contributed by atoms with Gasteiger partial charge in [-0.15, -0.1) is 0 Å². The van der Waals surface area contributed by atoms with Gasteiger partial charge in [-0.05, 0) is 101 Å². The summed E-state index contributed by atoms with van der Waals surface area (Å²) in [5, 5.41) is 12.5. The lowest BCUT2D eigenvalue weighted by atomic mass is 10.0. The molecule has 5 nitrogen and oxygen atoms in total. The Morgan fingerprint density at radius 3 is 2.41 bits per heavy atom. The molecule has 0 saturated heterocycles. The molecule has 0 fully saturated rings. The fourth-order valence-electron chi connectivity index (χ4n) is 3.91. The van der Waals surface area contributed by atoms with Crippen molar-refractivity contribution in [2.24, 2.45) is 0 Å². The second-order valence-electron chi connectivity index (χ2n) is 8.64. The van der Waals surface area contributed by atoms with Crippen LogP contribution in [0.15, 0.2) is 96.6 Å². The van der Waals surface area contributed by atoms with Crippen LogP contribution in [0.1, 0.15) is 29.2 Å². The Morgan fingerprint density at radius 1 is 0.974 bits per heavy atom. The van der Waals surface area contributed by atoms with Crippen molar-refractivity contribution in [1.29, 1.82) is 5.26 Å². The smallest absolute Gasteiger partial charge is 0.266 e. The number of anilines is 1. The maximum absolute atomic E-state index is 13.7. The second kappa shape index (κ2) is 13.6. The number of nitrogens with zero attached hydrogens (tertiary/aromatic N) is 1. The molecule has 0 aromatic heterocycles. The van der Waals surface area contributed by atoms with Crippen molar-refractivity contribution in [2.75, 3.05) is 11.9 Å². The summed E-state index contributed by atoms with van der Waals surface area (Å²) in [5.41, 5.74) is 3.95. The molecule has 0 spiro atoms. The number of nitriles is 1. The first kappa shape index (κ1) is 27.9. The first-order valence-electron chi connectivity index (χ1n) is 12.3. The van der Waals surface area contributed by atoms with Gasteiger partial charge in [0.2, 0.25) is 0 Å². The quantitative estimate of drug-likeness (QED) is 0.111. The molecule has 0 aliphatic rings. The molecule has 1 amide bonds. The van der Waals surface area contributed by atoms with Gasteiger partial charge < -0.3 is 14.8 Å². The largest absolute Gasteiger partial charge is 0.494 e. The number of halogens is 2. The van der Waals surface area contributed by atoms with Crippen molar-refractivity contribution in [3.8, 4) is 17.6 Å². The number of hydrogen-bond donors (Lipinski definition) is 1. The summed E-state index contributed by atoms with van der Waals surface area (Å²) >= 11 is 2.20. The monoisotopic (exact) mass is 632 g/mol. The van der Waals surface area contributed by atoms with Gasteiger partial charge in [0, 0.05) is 21.2 Å². The summed E-state index contributed by atoms with van der Waals surface area (Å²) in [6.07, 6.45) is 2.02. The minimum Gasteiger partial charge on any atom is -0.494 e. The number of ether oxygens (including phenoxy) is 2. The van der Waals surface area contributed by atoms with Crippen LogP contribution in [0, 0.1) is 20.7 Å². The molecular formula is C32H26FIN2O3. The lowest BCUT2D eigenvalue weighted by Crippen LogP contribution is -2.13. The van der Waals surface area contributed by atoms with Gasteiger partial charge in [0.25, 0.3) is 5.91 Å². The Morgan fingerprint density at radius 2 is 1.72 bits per heavy atom. The molecule has 0 radical (unpaired) electrons. The highest BCUT2D eigenvalue weighted by Gasteiger charge is 2.14. The van der Waals surface area contributed by atoms with E-state index >= 15 is 0 Å². The van der Waals surface area contributed by atoms with Gasteiger partial charge in [-0.3, -0.25) is 4.79 Å². The summed E-state index contributed by atoms with van der Waals surface area (Å²) in [7, 11) is 0. The molecule has 0 aliphatic carbocycles. The molecule has 0 aliphatic heterocycles. The number of benzene rings is 4. The Hall–Kier alpha value is -4.16. The molecular weight excluding hydrogens is 606 g/mol. The third-order valence-electron chi connectivity index (χ3n) is 5.78. The third kappa shape index (κ3) is 7.91. The van der Waals surface area contributed by atoms with Crippen LogP contribution in [0.25, 0.3) is 6.08 Å². The average molecular weight is 632 g/mol. The lowest BCUT2D eigenvalue weighted by Gasteiger charge is -2.14. The van der Waals surface area contributed by atoms with E-state index in [1.54, 1.807) is 36.4 Å². The van der Waals surface area contributed by atoms with E-state index in [9.17, 15) is 14.4 Å². The van der Waals surface area contributed by atoms with Crippen LogP contribution in [0.2, 0.25) is 0 Å². The van der Waals surface area contributed by atoms with Crippen LogP contribution in [0.3, 0.4) is 0 Å². The van der Waals surface area contributed by atoms with Gasteiger partial charge >= 0.3 is 0 Å². The zero-order chi connectivity index (χ0) is 27.6. The van der Waals surface area contributed by atoms with E-state index in [0.29, 0.717) is 42.4 Å². The Kier molecular flexibility index (Phi) is 9.70. The fourth-order valence-corrected chi connectivity index (χ4v) is 4.73. The van der Waals surface area contributed by atoms with Gasteiger partial charge in [-0.25, -0.2) is 4.39 Å². The second-order valence-corrected chi connectivity index (χ2v) is 9.80. The fraction of sp³-hybridized carbons (Fsp3) is 0.125. The molecule has 196 valence electrons. The Labute approximate surface area is 241 Å². The Balaban J connectivity index is 1.47. The summed E-state index contributed by atoms with van der Waals surface area (Å²) in [6, 6.07) is 28.9. The van der Waals surface area contributed by atoms with Gasteiger partial charge in [0.15, 0.2) is 0 Å². The van der Waals surface area contributed by atoms with Crippen molar-refractivity contribution in [3.63, 3.8) is 0 Å². The SMILES string of the molecule is CCOc1cc(/C=C(\C#N)C(=O)Nc2ccc(OCc3ccccc3)cc2)cc(I)c1Cc1cccc(F)c1.